The number of H-pyrrole nitrogens is 1. The number of fused-ring (bicyclic) bond motifs is 1. The fourth-order valence-electron chi connectivity index (χ4n) is 5.22. The van der Waals surface area contributed by atoms with Crippen molar-refractivity contribution in [1.29, 1.82) is 0 Å². The van der Waals surface area contributed by atoms with Crippen LogP contribution in [0.2, 0.25) is 0 Å². The topological polar surface area (TPSA) is 78.5 Å². The summed E-state index contributed by atoms with van der Waals surface area (Å²) >= 11 is 0. The van der Waals surface area contributed by atoms with E-state index in [1.165, 1.54) is 11.1 Å². The average molecular weight is 421 g/mol. The molecule has 2 amide bonds. The normalized spacial score (nSPS) is 28.5. The number of hydrogen-bond acceptors (Lipinski definition) is 4. The molecule has 2 bridgehead atoms. The smallest absolute Gasteiger partial charge is 0.230 e. The van der Waals surface area contributed by atoms with E-state index in [0.29, 0.717) is 19.6 Å². The van der Waals surface area contributed by atoms with Crippen molar-refractivity contribution in [2.45, 2.75) is 45.6 Å². The van der Waals surface area contributed by atoms with Crippen molar-refractivity contribution in [3.8, 4) is 0 Å². The number of ether oxygens (including phenoxy) is 1. The van der Waals surface area contributed by atoms with Crippen LogP contribution in [0.1, 0.15) is 28.2 Å². The van der Waals surface area contributed by atoms with E-state index in [4.69, 9.17) is 4.74 Å². The van der Waals surface area contributed by atoms with Crippen molar-refractivity contribution in [3.05, 3.63) is 64.8 Å². The predicted molar refractivity (Wildman–Crippen MR) is 115 cm³/mol. The summed E-state index contributed by atoms with van der Waals surface area (Å²) < 4.78 is 6.26. The average Bonchev–Trinajstić information content (AvgIpc) is 3.46. The van der Waals surface area contributed by atoms with Gasteiger partial charge in [0.1, 0.15) is 11.4 Å². The van der Waals surface area contributed by atoms with Gasteiger partial charge < -0.3 is 19.5 Å². The Morgan fingerprint density at radius 1 is 1.32 bits per heavy atom. The van der Waals surface area contributed by atoms with E-state index in [9.17, 15) is 9.59 Å². The van der Waals surface area contributed by atoms with E-state index in [2.05, 4.69) is 42.0 Å². The minimum Gasteiger partial charge on any atom is -0.360 e. The van der Waals surface area contributed by atoms with Gasteiger partial charge in [0.05, 0.1) is 31.0 Å². The van der Waals surface area contributed by atoms with Crippen LogP contribution in [-0.2, 0) is 27.4 Å². The first-order chi connectivity index (χ1) is 14.8. The number of likely N-dealkylation sites (tertiary alicyclic amines) is 1. The minimum atomic E-state index is -0.691. The number of benzene rings is 1. The number of aryl methyl sites for hydroxylation is 3. The summed E-state index contributed by atoms with van der Waals surface area (Å²) in [6.45, 7) is 7.48. The van der Waals surface area contributed by atoms with E-state index in [1.54, 1.807) is 18.1 Å². The molecular formula is C24H28N4O3. The van der Waals surface area contributed by atoms with E-state index in [1.807, 2.05) is 24.0 Å². The molecule has 7 nitrogen and oxygen atoms in total. The predicted octanol–water partition coefficient (Wildman–Crippen LogP) is 2.28. The number of imidazole rings is 1. The van der Waals surface area contributed by atoms with Gasteiger partial charge in [-0.1, -0.05) is 30.4 Å². The number of carbonyl (C=O) groups excluding carboxylic acids is 2. The lowest BCUT2D eigenvalue weighted by Crippen LogP contribution is -2.44. The number of rotatable bonds is 5. The molecule has 31 heavy (non-hydrogen) atoms. The van der Waals surface area contributed by atoms with Crippen LogP contribution in [-0.4, -0.2) is 56.9 Å². The number of aromatic nitrogens is 2. The molecule has 0 aliphatic carbocycles. The molecule has 3 aliphatic heterocycles. The van der Waals surface area contributed by atoms with Gasteiger partial charge in [-0.05, 0) is 37.5 Å². The highest BCUT2D eigenvalue weighted by Gasteiger charge is 2.67. The Kier molecular flexibility index (Phi) is 4.55. The summed E-state index contributed by atoms with van der Waals surface area (Å²) in [6, 6.07) is 6.28. The summed E-state index contributed by atoms with van der Waals surface area (Å²) in [6.07, 6.45) is 5.36. The largest absolute Gasteiger partial charge is 0.360 e. The van der Waals surface area contributed by atoms with Crippen molar-refractivity contribution in [2.75, 3.05) is 13.6 Å². The third-order valence-corrected chi connectivity index (χ3v) is 6.93. The molecular weight excluding hydrogens is 392 g/mol. The fourth-order valence-corrected chi connectivity index (χ4v) is 5.22. The molecule has 1 aromatic heterocycles. The second-order valence-electron chi connectivity index (χ2n) is 9.22. The Labute approximate surface area is 182 Å². The van der Waals surface area contributed by atoms with Gasteiger partial charge in [0.2, 0.25) is 11.8 Å². The van der Waals surface area contributed by atoms with Gasteiger partial charge in [-0.15, -0.1) is 0 Å². The van der Waals surface area contributed by atoms with Crippen LogP contribution in [0.4, 0.5) is 0 Å². The highest BCUT2D eigenvalue weighted by atomic mass is 16.5. The molecule has 2 aromatic rings. The Bertz CT molecular complexity index is 1090. The highest BCUT2D eigenvalue weighted by Crippen LogP contribution is 2.52. The number of nitrogens with one attached hydrogen (secondary N) is 1. The number of carbonyl (C=O) groups is 2. The molecule has 1 spiro atoms. The van der Waals surface area contributed by atoms with Crippen LogP contribution in [0.3, 0.4) is 0 Å². The molecule has 5 rings (SSSR count). The highest BCUT2D eigenvalue weighted by molar-refractivity contribution is 5.93. The molecule has 0 saturated carbocycles. The molecule has 2 unspecified atom stereocenters. The van der Waals surface area contributed by atoms with Crippen molar-refractivity contribution in [2.24, 2.45) is 11.8 Å². The first kappa shape index (κ1) is 20.0. The SMILES string of the molecule is Cc1cnc(CN(C)C(=O)C2C3C(=O)N(Cc4ccc(C)c(C)c4)C[C@@]34C=C[C@@H]2O4)[nH]1. The molecule has 1 aromatic carbocycles. The van der Waals surface area contributed by atoms with Crippen LogP contribution in [0.15, 0.2) is 36.5 Å². The van der Waals surface area contributed by atoms with E-state index in [-0.39, 0.29) is 17.9 Å². The fraction of sp³-hybridized carbons (Fsp3) is 0.458. The quantitative estimate of drug-likeness (QED) is 0.753. The zero-order chi connectivity index (χ0) is 21.9. The van der Waals surface area contributed by atoms with Gasteiger partial charge in [-0.2, -0.15) is 0 Å². The lowest BCUT2D eigenvalue weighted by molar-refractivity contribution is -0.143. The number of aromatic amines is 1. The van der Waals surface area contributed by atoms with Gasteiger partial charge in [-0.25, -0.2) is 4.98 Å². The zero-order valence-corrected chi connectivity index (χ0v) is 18.4. The second-order valence-corrected chi connectivity index (χ2v) is 9.22. The molecule has 3 aliphatic rings. The van der Waals surface area contributed by atoms with Gasteiger partial charge in [0, 0.05) is 25.5 Å². The molecule has 0 radical (unpaired) electrons. The second kappa shape index (κ2) is 7.05. The molecule has 2 fully saturated rings. The molecule has 4 atom stereocenters. The maximum atomic E-state index is 13.4. The van der Waals surface area contributed by atoms with Crippen LogP contribution in [0.25, 0.3) is 0 Å². The van der Waals surface area contributed by atoms with Gasteiger partial charge in [0.25, 0.3) is 0 Å². The molecule has 162 valence electrons. The summed E-state index contributed by atoms with van der Waals surface area (Å²) in [4.78, 5) is 37.8. The third kappa shape index (κ3) is 3.19. The Balaban J connectivity index is 1.35. The van der Waals surface area contributed by atoms with Gasteiger partial charge >= 0.3 is 0 Å². The number of hydrogen-bond donors (Lipinski definition) is 1. The first-order valence-electron chi connectivity index (χ1n) is 10.7. The monoisotopic (exact) mass is 420 g/mol. The number of amides is 2. The van der Waals surface area contributed by atoms with E-state index >= 15 is 0 Å². The van der Waals surface area contributed by atoms with Gasteiger partial charge in [0.15, 0.2) is 0 Å². The molecule has 2 saturated heterocycles. The third-order valence-electron chi connectivity index (χ3n) is 6.93. The molecule has 4 heterocycles. The molecule has 7 heteroatoms. The van der Waals surface area contributed by atoms with Crippen LogP contribution in [0.5, 0.6) is 0 Å². The van der Waals surface area contributed by atoms with E-state index < -0.39 is 17.4 Å². The van der Waals surface area contributed by atoms with Crippen molar-refractivity contribution in [3.63, 3.8) is 0 Å². The molecule has 1 N–H and O–H groups in total. The summed E-state index contributed by atoms with van der Waals surface area (Å²) in [5, 5.41) is 0. The maximum Gasteiger partial charge on any atom is 0.230 e. The maximum absolute atomic E-state index is 13.4. The van der Waals surface area contributed by atoms with Gasteiger partial charge in [-0.3, -0.25) is 9.59 Å². The number of nitrogens with zero attached hydrogens (tertiary/aromatic N) is 3. The van der Waals surface area contributed by atoms with Crippen molar-refractivity contribution >= 4 is 11.8 Å². The van der Waals surface area contributed by atoms with Crippen LogP contribution < -0.4 is 0 Å². The first-order valence-corrected chi connectivity index (χ1v) is 10.7. The summed E-state index contributed by atoms with van der Waals surface area (Å²) in [7, 11) is 1.76. The summed E-state index contributed by atoms with van der Waals surface area (Å²) in [5.74, 6) is -0.301. The van der Waals surface area contributed by atoms with Crippen LogP contribution in [0, 0.1) is 32.6 Å². The summed E-state index contributed by atoms with van der Waals surface area (Å²) in [5.41, 5.74) is 3.80. The van der Waals surface area contributed by atoms with Crippen molar-refractivity contribution < 1.29 is 14.3 Å². The van der Waals surface area contributed by atoms with Crippen LogP contribution >= 0.6 is 0 Å². The standard InChI is InChI=1S/C24H28N4O3/c1-14-5-6-17(9-15(14)2)11-28-13-24-8-7-18(31-24)20(21(24)23(28)30)22(29)27(4)12-19-25-10-16(3)26-19/h5-10,18,20-21H,11-13H2,1-4H3,(H,25,26)/t18-,20?,21?,24-/m0/s1. The Morgan fingerprint density at radius 3 is 2.84 bits per heavy atom. The van der Waals surface area contributed by atoms with Crippen molar-refractivity contribution in [1.82, 2.24) is 19.8 Å². The zero-order valence-electron chi connectivity index (χ0n) is 18.4. The Hall–Kier alpha value is -2.93. The lowest BCUT2D eigenvalue weighted by atomic mass is 9.76. The minimum absolute atomic E-state index is 0.00525. The van der Waals surface area contributed by atoms with E-state index in [0.717, 1.165) is 17.1 Å². The Morgan fingerprint density at radius 2 is 2.13 bits per heavy atom. The lowest BCUT2D eigenvalue weighted by Gasteiger charge is -2.27.